The smallest absolute Gasteiger partial charge is 0.330 e. The molecule has 0 aliphatic carbocycles. The zero-order chi connectivity index (χ0) is 14.9. The lowest BCUT2D eigenvalue weighted by atomic mass is 9.94. The molecule has 7 nitrogen and oxygen atoms in total. The summed E-state index contributed by atoms with van der Waals surface area (Å²) in [5, 5.41) is 3.17. The highest BCUT2D eigenvalue weighted by atomic mass is 16.5. The normalized spacial score (nSPS) is 21.6. The van der Waals surface area contributed by atoms with Crippen LogP contribution < -0.4 is 22.3 Å². The van der Waals surface area contributed by atoms with Crippen LogP contribution >= 0.6 is 0 Å². The van der Waals surface area contributed by atoms with E-state index in [9.17, 15) is 9.59 Å². The lowest BCUT2D eigenvalue weighted by Crippen LogP contribution is -2.42. The monoisotopic (exact) mass is 282 g/mol. The largest absolute Gasteiger partial charge is 0.383 e. The first kappa shape index (κ1) is 14.6. The van der Waals surface area contributed by atoms with Crippen molar-refractivity contribution in [2.45, 2.75) is 51.8 Å². The Labute approximate surface area is 117 Å². The molecule has 1 aromatic heterocycles. The predicted octanol–water partition coefficient (Wildman–Crippen LogP) is 0.508. The summed E-state index contributed by atoms with van der Waals surface area (Å²) in [7, 11) is 0. The molecule has 0 radical (unpaired) electrons. The number of hydrogen-bond acceptors (Lipinski definition) is 5. The van der Waals surface area contributed by atoms with Crippen LogP contribution in [-0.2, 0) is 11.3 Å². The van der Waals surface area contributed by atoms with E-state index < -0.39 is 11.2 Å². The summed E-state index contributed by atoms with van der Waals surface area (Å²) < 4.78 is 6.99. The number of hydrogen-bond donors (Lipinski definition) is 3. The Morgan fingerprint density at radius 1 is 1.50 bits per heavy atom. The van der Waals surface area contributed by atoms with Crippen LogP contribution in [-0.4, -0.2) is 27.8 Å². The van der Waals surface area contributed by atoms with Gasteiger partial charge in [0, 0.05) is 19.2 Å². The standard InChI is InChI=1S/C13H22N4O3/c1-4-17-10(14)9(11(18)16-12(17)19)15-8-5-6-20-13(2,3)7-8/h8,15H,4-7,14H2,1-3H3,(H,16,18,19). The molecule has 7 heteroatoms. The van der Waals surface area contributed by atoms with E-state index in [1.807, 2.05) is 13.8 Å². The van der Waals surface area contributed by atoms with Gasteiger partial charge in [0.15, 0.2) is 0 Å². The Balaban J connectivity index is 2.30. The molecule has 1 fully saturated rings. The second-order valence-electron chi connectivity index (χ2n) is 5.71. The number of rotatable bonds is 3. The molecule has 2 heterocycles. The van der Waals surface area contributed by atoms with Crippen molar-refractivity contribution < 1.29 is 4.74 Å². The van der Waals surface area contributed by atoms with Crippen molar-refractivity contribution in [2.75, 3.05) is 17.7 Å². The Morgan fingerprint density at radius 2 is 2.20 bits per heavy atom. The minimum Gasteiger partial charge on any atom is -0.383 e. The SMILES string of the molecule is CCn1c(N)c(NC2CCOC(C)(C)C2)c(=O)[nH]c1=O. The molecule has 1 aromatic rings. The minimum atomic E-state index is -0.479. The fraction of sp³-hybridized carbons (Fsp3) is 0.692. The maximum absolute atomic E-state index is 11.9. The van der Waals surface area contributed by atoms with Gasteiger partial charge in [0.05, 0.1) is 5.60 Å². The zero-order valence-corrected chi connectivity index (χ0v) is 12.2. The maximum Gasteiger partial charge on any atom is 0.330 e. The van der Waals surface area contributed by atoms with Crippen LogP contribution in [0, 0.1) is 0 Å². The van der Waals surface area contributed by atoms with Gasteiger partial charge in [-0.15, -0.1) is 0 Å². The summed E-state index contributed by atoms with van der Waals surface area (Å²) in [6.07, 6.45) is 1.57. The molecule has 1 aliphatic rings. The fourth-order valence-electron chi connectivity index (χ4n) is 2.60. The van der Waals surface area contributed by atoms with E-state index in [0.717, 1.165) is 12.8 Å². The molecule has 0 saturated carbocycles. The number of nitrogens with one attached hydrogen (secondary N) is 2. The van der Waals surface area contributed by atoms with Crippen molar-refractivity contribution in [2.24, 2.45) is 0 Å². The molecule has 0 aromatic carbocycles. The number of H-pyrrole nitrogens is 1. The number of nitrogen functional groups attached to an aromatic ring is 1. The highest BCUT2D eigenvalue weighted by molar-refractivity contribution is 5.60. The molecule has 1 aliphatic heterocycles. The first-order valence-corrected chi connectivity index (χ1v) is 6.87. The average molecular weight is 282 g/mol. The van der Waals surface area contributed by atoms with Crippen LogP contribution in [0.25, 0.3) is 0 Å². The number of anilines is 2. The van der Waals surface area contributed by atoms with Crippen molar-refractivity contribution in [3.05, 3.63) is 20.8 Å². The lowest BCUT2D eigenvalue weighted by molar-refractivity contribution is -0.0553. The average Bonchev–Trinajstić information content (AvgIpc) is 2.33. The van der Waals surface area contributed by atoms with E-state index in [4.69, 9.17) is 10.5 Å². The van der Waals surface area contributed by atoms with Crippen LogP contribution in [0.4, 0.5) is 11.5 Å². The third kappa shape index (κ3) is 2.87. The fourth-order valence-corrected chi connectivity index (χ4v) is 2.60. The van der Waals surface area contributed by atoms with Crippen molar-refractivity contribution in [1.29, 1.82) is 0 Å². The van der Waals surface area contributed by atoms with Gasteiger partial charge >= 0.3 is 5.69 Å². The van der Waals surface area contributed by atoms with E-state index in [0.29, 0.717) is 13.2 Å². The molecule has 0 amide bonds. The van der Waals surface area contributed by atoms with Gasteiger partial charge in [-0.1, -0.05) is 0 Å². The summed E-state index contributed by atoms with van der Waals surface area (Å²) in [6.45, 7) is 6.88. The molecule has 0 bridgehead atoms. The molecule has 20 heavy (non-hydrogen) atoms. The van der Waals surface area contributed by atoms with E-state index in [2.05, 4.69) is 10.3 Å². The second kappa shape index (κ2) is 5.32. The van der Waals surface area contributed by atoms with Crippen LogP contribution in [0.1, 0.15) is 33.6 Å². The summed E-state index contributed by atoms with van der Waals surface area (Å²) in [5.41, 5.74) is 5.03. The lowest BCUT2D eigenvalue weighted by Gasteiger charge is -2.36. The van der Waals surface area contributed by atoms with Crippen molar-refractivity contribution in [3.63, 3.8) is 0 Å². The van der Waals surface area contributed by atoms with Crippen LogP contribution in [0.3, 0.4) is 0 Å². The van der Waals surface area contributed by atoms with Crippen LogP contribution in [0.15, 0.2) is 9.59 Å². The van der Waals surface area contributed by atoms with Gasteiger partial charge in [-0.25, -0.2) is 4.79 Å². The van der Waals surface area contributed by atoms with Gasteiger partial charge in [0.1, 0.15) is 11.5 Å². The number of nitrogens with two attached hydrogens (primary N) is 1. The number of aromatic nitrogens is 2. The van der Waals surface area contributed by atoms with E-state index in [-0.39, 0.29) is 23.1 Å². The quantitative estimate of drug-likeness (QED) is 0.749. The Kier molecular flexibility index (Phi) is 3.89. The molecule has 2 rings (SSSR count). The maximum atomic E-state index is 11.9. The van der Waals surface area contributed by atoms with Crippen LogP contribution in [0.5, 0.6) is 0 Å². The van der Waals surface area contributed by atoms with E-state index >= 15 is 0 Å². The highest BCUT2D eigenvalue weighted by Crippen LogP contribution is 2.26. The van der Waals surface area contributed by atoms with Gasteiger partial charge in [0.2, 0.25) is 0 Å². The number of aromatic amines is 1. The molecule has 1 saturated heterocycles. The van der Waals surface area contributed by atoms with Crippen molar-refractivity contribution in [3.8, 4) is 0 Å². The zero-order valence-electron chi connectivity index (χ0n) is 12.2. The van der Waals surface area contributed by atoms with Gasteiger partial charge in [-0.3, -0.25) is 14.3 Å². The third-order valence-corrected chi connectivity index (χ3v) is 3.60. The van der Waals surface area contributed by atoms with Crippen molar-refractivity contribution in [1.82, 2.24) is 9.55 Å². The Bertz CT molecular complexity index is 603. The molecular weight excluding hydrogens is 260 g/mol. The molecule has 1 atom stereocenters. The first-order chi connectivity index (χ1) is 9.34. The second-order valence-corrected chi connectivity index (χ2v) is 5.71. The number of nitrogens with zero attached hydrogens (tertiary/aromatic N) is 1. The van der Waals surface area contributed by atoms with Gasteiger partial charge in [0.25, 0.3) is 5.56 Å². The minimum absolute atomic E-state index is 0.102. The topological polar surface area (TPSA) is 102 Å². The molecule has 4 N–H and O–H groups in total. The predicted molar refractivity (Wildman–Crippen MR) is 78.1 cm³/mol. The van der Waals surface area contributed by atoms with Gasteiger partial charge in [-0.2, -0.15) is 0 Å². The molecule has 112 valence electrons. The van der Waals surface area contributed by atoms with E-state index in [1.54, 1.807) is 6.92 Å². The molecule has 0 spiro atoms. The number of ether oxygens (including phenoxy) is 1. The Hall–Kier alpha value is -1.76. The first-order valence-electron chi connectivity index (χ1n) is 6.87. The Morgan fingerprint density at radius 3 is 2.80 bits per heavy atom. The highest BCUT2D eigenvalue weighted by Gasteiger charge is 2.29. The van der Waals surface area contributed by atoms with Crippen LogP contribution in [0.2, 0.25) is 0 Å². The van der Waals surface area contributed by atoms with Gasteiger partial charge < -0.3 is 15.8 Å². The third-order valence-electron chi connectivity index (χ3n) is 3.60. The molecule has 1 unspecified atom stereocenters. The van der Waals surface area contributed by atoms with E-state index in [1.165, 1.54) is 4.57 Å². The summed E-state index contributed by atoms with van der Waals surface area (Å²) in [4.78, 5) is 25.8. The summed E-state index contributed by atoms with van der Waals surface area (Å²) in [6, 6.07) is 0.102. The summed E-state index contributed by atoms with van der Waals surface area (Å²) in [5.74, 6) is 0.186. The van der Waals surface area contributed by atoms with Crippen molar-refractivity contribution >= 4 is 11.5 Å². The van der Waals surface area contributed by atoms with Gasteiger partial charge in [-0.05, 0) is 33.6 Å². The molecular formula is C13H22N4O3. The summed E-state index contributed by atoms with van der Waals surface area (Å²) >= 11 is 0.